The number of carbonyl (C=O) groups excluding carboxylic acids is 4. The first-order valence-corrected chi connectivity index (χ1v) is 57.2. The van der Waals surface area contributed by atoms with Gasteiger partial charge in [0.25, 0.3) is 0 Å². The number of thioether (sulfide) groups is 3. The lowest BCUT2D eigenvalue weighted by atomic mass is 9.81. The maximum atomic E-state index is 14.1. The van der Waals surface area contributed by atoms with Gasteiger partial charge < -0.3 is 49.3 Å². The molecule has 7 fully saturated rings. The van der Waals surface area contributed by atoms with Gasteiger partial charge in [-0.05, 0) is 323 Å². The molecule has 8 aromatic rings. The number of pyridine rings is 1. The second-order valence-electron chi connectivity index (χ2n) is 44.2. The van der Waals surface area contributed by atoms with Gasteiger partial charge in [0.1, 0.15) is 31.1 Å². The molecular weight excluding hydrogens is 1950 g/mol. The van der Waals surface area contributed by atoms with Crippen LogP contribution in [0.4, 0.5) is 22.7 Å². The number of ether oxygens (including phenoxy) is 1. The zero-order valence-corrected chi connectivity index (χ0v) is 92.8. The Bertz CT molecular complexity index is 5760. The average molecular weight is 2090 g/mol. The fourth-order valence-electron chi connectivity index (χ4n) is 19.4. The van der Waals surface area contributed by atoms with Gasteiger partial charge in [-0.2, -0.15) is 0 Å². The Morgan fingerprint density at radius 1 is 0.396 bits per heavy atom. The number of rotatable bonds is 25. The number of hydrogen-bond acceptors (Lipinski definition) is 22. The van der Waals surface area contributed by atoms with Crippen LogP contribution < -0.4 is 24.3 Å². The molecule has 15 rings (SSSR count). The molecule has 7 aliphatic rings. The summed E-state index contributed by atoms with van der Waals surface area (Å²) < 4.78 is 9.57. The lowest BCUT2D eigenvalue weighted by Gasteiger charge is -2.39. The number of imidazole rings is 1. The molecule has 8 aromatic heterocycles. The molecule has 4 N–H and O–H groups in total. The van der Waals surface area contributed by atoms with Gasteiger partial charge in [-0.1, -0.05) is 98.1 Å². The zero-order chi connectivity index (χ0) is 104. The van der Waals surface area contributed by atoms with Crippen molar-refractivity contribution in [2.45, 2.75) is 340 Å². The fraction of sp³-hybridized carbons (Fsp3) is 0.589. The summed E-state index contributed by atoms with van der Waals surface area (Å²) in [4.78, 5) is 133. The number of anilines is 4. The minimum Gasteiger partial charge on any atom is -0.477 e. The van der Waals surface area contributed by atoms with Gasteiger partial charge >= 0.3 is 23.9 Å². The summed E-state index contributed by atoms with van der Waals surface area (Å²) in [5.74, 6) is 24.4. The molecule has 0 radical (unpaired) electrons. The third-order valence-corrected chi connectivity index (χ3v) is 35.6. The van der Waals surface area contributed by atoms with Crippen LogP contribution >= 0.6 is 80.6 Å². The Morgan fingerprint density at radius 2 is 0.715 bits per heavy atom. The molecule has 0 bridgehead atoms. The first kappa shape index (κ1) is 113. The first-order valence-electron chi connectivity index (χ1n) is 51.3. The molecule has 0 spiro atoms. The van der Waals surface area contributed by atoms with E-state index in [9.17, 15) is 58.8 Å². The van der Waals surface area contributed by atoms with E-state index in [2.05, 4.69) is 105 Å². The number of hydrogen-bond donors (Lipinski definition) is 4. The molecule has 7 aliphatic carbocycles. The minimum atomic E-state index is -1.06. The number of amides is 4. The van der Waals surface area contributed by atoms with Crippen LogP contribution in [0.1, 0.15) is 349 Å². The van der Waals surface area contributed by atoms with E-state index in [1.165, 1.54) is 34.0 Å². The van der Waals surface area contributed by atoms with Gasteiger partial charge in [-0.3, -0.25) is 19.2 Å². The van der Waals surface area contributed by atoms with E-state index in [1.807, 2.05) is 171 Å². The van der Waals surface area contributed by atoms with E-state index in [1.54, 1.807) is 76.1 Å². The smallest absolute Gasteiger partial charge is 0.348 e. The van der Waals surface area contributed by atoms with Crippen LogP contribution in [-0.2, 0) is 33.3 Å². The topological polar surface area (TPSA) is 327 Å². The number of thiophene rings is 4. The summed E-state index contributed by atoms with van der Waals surface area (Å²) in [5, 5.41) is 52.4. The quantitative estimate of drug-likeness (QED) is 0.0305. The van der Waals surface area contributed by atoms with Gasteiger partial charge in [0.05, 0.1) is 72.5 Å². The maximum absolute atomic E-state index is 14.1. The van der Waals surface area contributed by atoms with Crippen LogP contribution in [-0.4, -0.2) is 154 Å². The van der Waals surface area contributed by atoms with Crippen molar-refractivity contribution in [1.29, 1.82) is 0 Å². The van der Waals surface area contributed by atoms with Gasteiger partial charge in [0.2, 0.25) is 29.5 Å². The highest BCUT2D eigenvalue weighted by atomic mass is 32.2. The monoisotopic (exact) mass is 2090 g/mol. The number of carbonyl (C=O) groups is 8. The highest BCUT2D eigenvalue weighted by Gasteiger charge is 2.44. The predicted octanol–water partition coefficient (Wildman–Crippen LogP) is 25.4. The highest BCUT2D eigenvalue weighted by molar-refractivity contribution is 8.00. The van der Waals surface area contributed by atoms with Gasteiger partial charge in [0, 0.05) is 118 Å². The summed E-state index contributed by atoms with van der Waals surface area (Å²) in [5.41, 5.74) is 1.22. The molecule has 0 atom stereocenters. The SMILES string of the molecule is CC1CCC(C(=O)N(CCOc2ccccn2)c2cc(C#CC(C)(C)C)sc2C(=O)O)CC1.CC1CCC(C(=O)N(c2cc(C#CC(C)(C)C)sc2C(=O)O)C2CCC(Sc3cncn3C)CC2)CC1.CC1CCC(C(=O)N(c2cc(C#CC(C)(C)C)sc2C(=O)O)C2CCC(Sc3cnnn3C)CC2)CC1.CC1CCC(C(=O)N(c2cc(C#CC(C)(C)C)sc2C(=O)O)C2CCC(Sc3ncccn3)CC2)CC1. The van der Waals surface area contributed by atoms with Crippen LogP contribution in [0.5, 0.6) is 5.88 Å². The van der Waals surface area contributed by atoms with E-state index in [0.717, 1.165) is 206 Å². The zero-order valence-electron chi connectivity index (χ0n) is 87.1. The maximum Gasteiger partial charge on any atom is 0.348 e. The van der Waals surface area contributed by atoms with Gasteiger partial charge in [-0.25, -0.2) is 43.8 Å². The van der Waals surface area contributed by atoms with Crippen molar-refractivity contribution < 1.29 is 63.5 Å². The number of carboxylic acids is 4. The molecule has 0 aromatic carbocycles. The lowest BCUT2D eigenvalue weighted by Crippen LogP contribution is -2.46. The molecule has 0 aliphatic heterocycles. The van der Waals surface area contributed by atoms with Crippen LogP contribution in [0, 0.1) is 116 Å². The average Bonchev–Trinajstić information content (AvgIpc) is 1.61. The molecule has 8 heterocycles. The number of aromatic carboxylic acids is 4. The van der Waals surface area contributed by atoms with E-state index < -0.39 is 23.9 Å². The molecule has 7 saturated carbocycles. The van der Waals surface area contributed by atoms with Crippen LogP contribution in [0.3, 0.4) is 0 Å². The van der Waals surface area contributed by atoms with Crippen molar-refractivity contribution in [3.05, 3.63) is 125 Å². The molecule has 0 unspecified atom stereocenters. The van der Waals surface area contributed by atoms with Crippen molar-refractivity contribution in [3.63, 3.8) is 0 Å². The molecule has 4 amide bonds. The summed E-state index contributed by atoms with van der Waals surface area (Å²) in [6.07, 6.45) is 36.7. The normalized spacial score (nSPS) is 22.8. The number of aromatic nitrogens is 8. The number of carboxylic acid groups (broad SMARTS) is 4. The summed E-state index contributed by atoms with van der Waals surface area (Å²) in [6.45, 7) is 33.7. The van der Waals surface area contributed by atoms with Crippen LogP contribution in [0.2, 0.25) is 0 Å². The predicted molar refractivity (Wildman–Crippen MR) is 581 cm³/mol. The fourth-order valence-corrected chi connectivity index (χ4v) is 26.2. The highest BCUT2D eigenvalue weighted by Crippen LogP contribution is 2.48. The van der Waals surface area contributed by atoms with E-state index in [0.29, 0.717) is 87.6 Å². The molecular formula is C112H146N12O13S7. The largest absolute Gasteiger partial charge is 0.477 e. The Hall–Kier alpha value is -9.77. The second kappa shape index (κ2) is 51.7. The third-order valence-electron chi connectivity index (χ3n) is 27.4. The Balaban J connectivity index is 0.000000171. The second-order valence-corrected chi connectivity index (χ2v) is 52.3. The molecule has 144 heavy (non-hydrogen) atoms. The van der Waals surface area contributed by atoms with Crippen LogP contribution in [0.25, 0.3) is 0 Å². The Kier molecular flexibility index (Phi) is 40.6. The van der Waals surface area contributed by atoms with Gasteiger partial charge in [0.15, 0.2) is 5.16 Å². The summed E-state index contributed by atoms with van der Waals surface area (Å²) >= 11 is 10.00. The van der Waals surface area contributed by atoms with Crippen molar-refractivity contribution in [2.24, 2.45) is 83.1 Å². The first-order chi connectivity index (χ1) is 68.3. The molecule has 32 heteroatoms. The van der Waals surface area contributed by atoms with Crippen LogP contribution in [0.15, 0.2) is 101 Å². The number of aryl methyl sites for hydroxylation is 2. The molecule has 774 valence electrons. The van der Waals surface area contributed by atoms with E-state index in [4.69, 9.17) is 4.74 Å². The standard InChI is InChI=1S/C29H39N3O3S2.C29H37N3O3S2.C28H38N4O3S2.C26H32N2O4S/c1-19-6-8-20(9-7-19)27(33)32(21-10-12-22(13-11-21)36-25-17-30-18-31(25)5)24-16-23(14-15-29(2,3)4)37-26(24)28(34)35;1-19-6-8-20(9-7-19)26(33)32(21-10-12-22(13-11-21)37-28-30-16-5-17-31-28)24-18-23(14-15-29(2,3)4)36-25(24)27(34)35;1-18-6-8-19(9-7-18)26(33)32(20-10-12-21(13-11-20)36-24-17-29-30-31(24)5)23-16-22(14-15-28(2,3)4)37-25(23)27(34)35;1-18-8-10-19(11-9-18)24(29)28(15-16-32-22-7-5-6-14-27-22)21-17-20(12-13-26(2,3)4)33-23(21)25(30)31/h16-22H,6-13H2,1-5H3,(H,34,35);5,16-22H,6-13H2,1-4H3,(H,34,35);16-21H,6-13H2,1-5H3,(H,34,35);5-7,14,17-19H,8-11,15-16H2,1-4H3,(H,30,31). The van der Waals surface area contributed by atoms with Crippen molar-refractivity contribution >= 4 is 151 Å². The van der Waals surface area contributed by atoms with Crippen molar-refractivity contribution in [1.82, 2.24) is 39.5 Å². The van der Waals surface area contributed by atoms with E-state index >= 15 is 0 Å². The molecule has 25 nitrogen and oxygen atoms in total. The summed E-state index contributed by atoms with van der Waals surface area (Å²) in [7, 11) is 3.91. The summed E-state index contributed by atoms with van der Waals surface area (Å²) in [6, 6.07) is 14.5. The lowest BCUT2D eigenvalue weighted by molar-refractivity contribution is -0.125. The van der Waals surface area contributed by atoms with E-state index in [-0.39, 0.29) is 120 Å². The Labute approximate surface area is 880 Å². The minimum absolute atomic E-state index is 0.00589. The number of nitrogens with zero attached hydrogens (tertiary/aromatic N) is 12. The third kappa shape index (κ3) is 33.1. The van der Waals surface area contributed by atoms with Gasteiger partial charge in [-0.15, -0.1) is 74.0 Å². The van der Waals surface area contributed by atoms with Crippen molar-refractivity contribution in [2.75, 3.05) is 32.8 Å². The Morgan fingerprint density at radius 3 is 1.02 bits per heavy atom. The molecule has 0 saturated heterocycles. The van der Waals surface area contributed by atoms with Crippen molar-refractivity contribution in [3.8, 4) is 53.2 Å².